The van der Waals surface area contributed by atoms with Crippen LogP contribution >= 0.6 is 11.8 Å². The summed E-state index contributed by atoms with van der Waals surface area (Å²) in [4.78, 5) is 0. The zero-order chi connectivity index (χ0) is 10.3. The van der Waals surface area contributed by atoms with Gasteiger partial charge in [-0.1, -0.05) is 20.8 Å². The Bertz CT molecular complexity index is 265. The molecule has 0 saturated carbocycles. The molecule has 80 valence electrons. The number of hydrogen-bond acceptors (Lipinski definition) is 2. The first-order valence-electron chi connectivity index (χ1n) is 5.44. The van der Waals surface area contributed by atoms with E-state index in [4.69, 9.17) is 0 Å². The number of hydrazone groups is 1. The van der Waals surface area contributed by atoms with E-state index in [9.17, 15) is 0 Å². The number of fused-ring (bicyclic) bond motifs is 1. The minimum Gasteiger partial charge on any atom is -0.181 e. The lowest BCUT2D eigenvalue weighted by atomic mass is 9.87. The van der Waals surface area contributed by atoms with E-state index in [2.05, 4.69) is 49.3 Å². The Kier molecular flexibility index (Phi) is 2.54. The first kappa shape index (κ1) is 10.3. The van der Waals surface area contributed by atoms with Crippen LogP contribution in [0.2, 0.25) is 0 Å². The maximum absolute atomic E-state index is 2.55. The molecule has 2 rings (SSSR count). The molecule has 3 heteroatoms. The maximum atomic E-state index is 2.55. The number of rotatable bonds is 0. The van der Waals surface area contributed by atoms with Crippen LogP contribution in [0.4, 0.5) is 0 Å². The van der Waals surface area contributed by atoms with E-state index in [1.54, 1.807) is 5.71 Å². The van der Waals surface area contributed by atoms with Crippen LogP contribution in [0.25, 0.3) is 0 Å². The highest BCUT2D eigenvalue weighted by Gasteiger charge is 2.43. The third kappa shape index (κ3) is 1.67. The fraction of sp³-hybridized carbons (Fsp3) is 0.909. The van der Waals surface area contributed by atoms with Gasteiger partial charge < -0.3 is 0 Å². The number of hydrazine groups is 1. The van der Waals surface area contributed by atoms with Gasteiger partial charge in [0.25, 0.3) is 0 Å². The van der Waals surface area contributed by atoms with Crippen molar-refractivity contribution in [3.63, 3.8) is 0 Å². The van der Waals surface area contributed by atoms with Crippen LogP contribution in [0.1, 0.15) is 27.2 Å². The standard InChI is InChI=1S/C11H21N2S/c1-11(2,3)10-7-9-8-14-6-5-13(9)12(10)4/h9H,5-8H2,1-4H3/q+1. The van der Waals surface area contributed by atoms with Crippen molar-refractivity contribution in [2.45, 2.75) is 33.2 Å². The number of nitrogens with zero attached hydrogens (tertiary/aromatic N) is 2. The number of hydrogen-bond donors (Lipinski definition) is 0. The third-order valence-corrected chi connectivity index (χ3v) is 4.36. The average molecular weight is 213 g/mol. The zero-order valence-corrected chi connectivity index (χ0v) is 10.5. The summed E-state index contributed by atoms with van der Waals surface area (Å²) in [5.41, 5.74) is 1.93. The van der Waals surface area contributed by atoms with E-state index in [-0.39, 0.29) is 0 Å². The van der Waals surface area contributed by atoms with E-state index in [1.807, 2.05) is 0 Å². The van der Waals surface area contributed by atoms with Crippen molar-refractivity contribution in [2.75, 3.05) is 25.1 Å². The molecule has 14 heavy (non-hydrogen) atoms. The average Bonchev–Trinajstić information content (AvgIpc) is 2.44. The minimum absolute atomic E-state index is 0.330. The third-order valence-electron chi connectivity index (χ3n) is 3.27. The normalized spacial score (nSPS) is 28.3. The van der Waals surface area contributed by atoms with Crippen LogP contribution < -0.4 is 0 Å². The van der Waals surface area contributed by atoms with E-state index >= 15 is 0 Å². The zero-order valence-electron chi connectivity index (χ0n) is 9.71. The van der Waals surface area contributed by atoms with Gasteiger partial charge in [0, 0.05) is 16.9 Å². The lowest BCUT2D eigenvalue weighted by molar-refractivity contribution is -0.666. The molecule has 0 N–H and O–H groups in total. The molecule has 1 fully saturated rings. The Morgan fingerprint density at radius 1 is 1.43 bits per heavy atom. The molecule has 2 heterocycles. The van der Waals surface area contributed by atoms with Crippen molar-refractivity contribution in [1.29, 1.82) is 0 Å². The van der Waals surface area contributed by atoms with Gasteiger partial charge in [0.15, 0.2) is 12.8 Å². The van der Waals surface area contributed by atoms with Crippen molar-refractivity contribution in [3.05, 3.63) is 0 Å². The molecule has 0 amide bonds. The van der Waals surface area contributed by atoms with Gasteiger partial charge in [0.1, 0.15) is 6.04 Å². The predicted molar refractivity (Wildman–Crippen MR) is 63.1 cm³/mol. The van der Waals surface area contributed by atoms with E-state index in [0.717, 1.165) is 6.04 Å². The van der Waals surface area contributed by atoms with Gasteiger partial charge in [-0.2, -0.15) is 16.8 Å². The molecule has 2 aliphatic heterocycles. The van der Waals surface area contributed by atoms with Crippen molar-refractivity contribution in [3.8, 4) is 0 Å². The summed E-state index contributed by atoms with van der Waals surface area (Å²) in [5.74, 6) is 2.60. The Labute approximate surface area is 91.3 Å². The van der Waals surface area contributed by atoms with Gasteiger partial charge in [-0.15, -0.1) is 4.68 Å². The second kappa shape index (κ2) is 3.44. The Hall–Kier alpha value is -0.180. The molecular weight excluding hydrogens is 192 g/mol. The van der Waals surface area contributed by atoms with Crippen LogP contribution in [0, 0.1) is 5.41 Å². The lowest BCUT2D eigenvalue weighted by Gasteiger charge is -2.25. The first-order chi connectivity index (χ1) is 6.50. The van der Waals surface area contributed by atoms with Gasteiger partial charge in [0.05, 0.1) is 13.0 Å². The summed E-state index contributed by atoms with van der Waals surface area (Å²) in [6.07, 6.45) is 1.27. The summed E-state index contributed by atoms with van der Waals surface area (Å²) in [5, 5.41) is 2.55. The fourth-order valence-corrected chi connectivity index (χ4v) is 3.55. The largest absolute Gasteiger partial charge is 0.189 e. The van der Waals surface area contributed by atoms with Gasteiger partial charge in [-0.05, 0) is 0 Å². The molecule has 0 spiro atoms. The highest BCUT2D eigenvalue weighted by Crippen LogP contribution is 2.30. The van der Waals surface area contributed by atoms with E-state index in [0.29, 0.717) is 5.41 Å². The highest BCUT2D eigenvalue weighted by molar-refractivity contribution is 7.99. The smallest absolute Gasteiger partial charge is 0.181 e. The summed E-state index contributed by atoms with van der Waals surface area (Å²) in [6.45, 7) is 8.20. The highest BCUT2D eigenvalue weighted by atomic mass is 32.2. The molecule has 1 atom stereocenters. The van der Waals surface area contributed by atoms with Crippen LogP contribution in [0.15, 0.2) is 0 Å². The Morgan fingerprint density at radius 2 is 2.14 bits per heavy atom. The molecule has 2 nitrogen and oxygen atoms in total. The monoisotopic (exact) mass is 213 g/mol. The van der Waals surface area contributed by atoms with Crippen LogP contribution in [0.5, 0.6) is 0 Å². The summed E-state index contributed by atoms with van der Waals surface area (Å²) < 4.78 is 2.42. The molecule has 0 bridgehead atoms. The van der Waals surface area contributed by atoms with Gasteiger partial charge >= 0.3 is 0 Å². The van der Waals surface area contributed by atoms with E-state index in [1.165, 1.54) is 24.5 Å². The molecule has 0 aromatic heterocycles. The molecule has 0 aromatic rings. The SMILES string of the molecule is C[N+]1=C(C(C)(C)C)CC2CSCCN21. The predicted octanol–water partition coefficient (Wildman–Crippen LogP) is 1.85. The molecule has 1 unspecified atom stereocenters. The van der Waals surface area contributed by atoms with Crippen molar-refractivity contribution < 1.29 is 4.68 Å². The van der Waals surface area contributed by atoms with E-state index < -0.39 is 0 Å². The minimum atomic E-state index is 0.330. The van der Waals surface area contributed by atoms with Crippen molar-refractivity contribution in [2.24, 2.45) is 5.41 Å². The van der Waals surface area contributed by atoms with Crippen LogP contribution in [-0.4, -0.2) is 46.5 Å². The molecular formula is C11H21N2S+. The molecule has 0 aromatic carbocycles. The van der Waals surface area contributed by atoms with Crippen molar-refractivity contribution >= 4 is 17.5 Å². The van der Waals surface area contributed by atoms with Gasteiger partial charge in [0.2, 0.25) is 0 Å². The Morgan fingerprint density at radius 3 is 2.71 bits per heavy atom. The maximum Gasteiger partial charge on any atom is 0.189 e. The van der Waals surface area contributed by atoms with Crippen LogP contribution in [0.3, 0.4) is 0 Å². The topological polar surface area (TPSA) is 6.25 Å². The van der Waals surface area contributed by atoms with Crippen molar-refractivity contribution in [1.82, 2.24) is 5.01 Å². The number of thioether (sulfide) groups is 1. The van der Waals surface area contributed by atoms with Crippen LogP contribution in [-0.2, 0) is 0 Å². The fourth-order valence-electron chi connectivity index (χ4n) is 2.51. The quantitative estimate of drug-likeness (QED) is 0.567. The lowest BCUT2D eigenvalue weighted by Crippen LogP contribution is -2.42. The molecule has 2 aliphatic rings. The first-order valence-corrected chi connectivity index (χ1v) is 6.60. The van der Waals surface area contributed by atoms with Gasteiger partial charge in [-0.25, -0.2) is 0 Å². The molecule has 1 saturated heterocycles. The summed E-state index contributed by atoms with van der Waals surface area (Å²) in [6, 6.07) is 0.771. The summed E-state index contributed by atoms with van der Waals surface area (Å²) in [7, 11) is 2.23. The second-order valence-electron chi connectivity index (χ2n) is 5.32. The molecule has 0 aliphatic carbocycles. The summed E-state index contributed by atoms with van der Waals surface area (Å²) >= 11 is 2.10. The Balaban J connectivity index is 2.23. The molecule has 0 radical (unpaired) electrons. The van der Waals surface area contributed by atoms with Gasteiger partial charge in [-0.3, -0.25) is 0 Å². The second-order valence-corrected chi connectivity index (χ2v) is 6.47.